The molecule has 41 heavy (non-hydrogen) atoms. The van der Waals surface area contributed by atoms with Crippen LogP contribution in [0.15, 0.2) is 78.9 Å². The van der Waals surface area contributed by atoms with E-state index in [0.29, 0.717) is 23.8 Å². The van der Waals surface area contributed by atoms with Gasteiger partial charge < -0.3 is 26.4 Å². The van der Waals surface area contributed by atoms with Crippen molar-refractivity contribution in [1.82, 2.24) is 10.2 Å². The molecule has 1 saturated heterocycles. The molecule has 2 amide bonds. The Morgan fingerprint density at radius 1 is 0.902 bits per heavy atom. The van der Waals surface area contributed by atoms with Gasteiger partial charge in [0.05, 0.1) is 24.6 Å². The second kappa shape index (κ2) is 14.6. The zero-order valence-corrected chi connectivity index (χ0v) is 24.1. The van der Waals surface area contributed by atoms with E-state index in [9.17, 15) is 9.59 Å². The summed E-state index contributed by atoms with van der Waals surface area (Å²) in [6.07, 6.45) is 3.20. The summed E-state index contributed by atoms with van der Waals surface area (Å²) in [7, 11) is 0. The third-order valence-corrected chi connectivity index (χ3v) is 7.31. The molecule has 8 nitrogen and oxygen atoms in total. The maximum Gasteiger partial charge on any atom is 0.248 e. The second-order valence-corrected chi connectivity index (χ2v) is 10.7. The van der Waals surface area contributed by atoms with Crippen LogP contribution in [0.4, 0.5) is 17.1 Å². The summed E-state index contributed by atoms with van der Waals surface area (Å²) in [6, 6.07) is 22.5. The van der Waals surface area contributed by atoms with Gasteiger partial charge in [0.1, 0.15) is 6.04 Å². The fourth-order valence-corrected chi connectivity index (χ4v) is 4.72. The van der Waals surface area contributed by atoms with Crippen LogP contribution >= 0.6 is 0 Å². The van der Waals surface area contributed by atoms with Gasteiger partial charge in [-0.2, -0.15) is 0 Å². The first kappa shape index (κ1) is 30.0. The molecule has 3 aromatic rings. The minimum absolute atomic E-state index is 0.125. The van der Waals surface area contributed by atoms with Crippen molar-refractivity contribution in [2.24, 2.45) is 0 Å². The van der Waals surface area contributed by atoms with Gasteiger partial charge in [-0.3, -0.25) is 14.5 Å². The van der Waals surface area contributed by atoms with Crippen LogP contribution in [0.5, 0.6) is 0 Å². The van der Waals surface area contributed by atoms with Crippen molar-refractivity contribution in [1.29, 1.82) is 0 Å². The predicted molar refractivity (Wildman–Crippen MR) is 167 cm³/mol. The number of benzene rings is 3. The largest absolute Gasteiger partial charge is 0.397 e. The molecule has 1 heterocycles. The zero-order chi connectivity index (χ0) is 29.2. The zero-order valence-electron chi connectivity index (χ0n) is 24.1. The molecule has 0 saturated carbocycles. The van der Waals surface area contributed by atoms with E-state index in [1.165, 1.54) is 11.6 Å². The van der Waals surface area contributed by atoms with Crippen LogP contribution in [0.2, 0.25) is 0 Å². The first-order chi connectivity index (χ1) is 19.8. The van der Waals surface area contributed by atoms with Crippen molar-refractivity contribution in [2.75, 3.05) is 49.2 Å². The monoisotopic (exact) mass is 555 g/mol. The molecule has 8 heteroatoms. The molecule has 0 aliphatic carbocycles. The van der Waals surface area contributed by atoms with Crippen LogP contribution in [-0.4, -0.2) is 55.6 Å². The average molecular weight is 556 g/mol. The minimum Gasteiger partial charge on any atom is -0.397 e. The molecule has 0 bridgehead atoms. The summed E-state index contributed by atoms with van der Waals surface area (Å²) in [5.74, 6) is 0.0250. The Labute approximate surface area is 243 Å². The van der Waals surface area contributed by atoms with Crippen LogP contribution in [0.25, 0.3) is 6.08 Å². The molecular weight excluding hydrogens is 514 g/mol. The smallest absolute Gasteiger partial charge is 0.248 e. The van der Waals surface area contributed by atoms with E-state index in [-0.39, 0.29) is 17.9 Å². The van der Waals surface area contributed by atoms with Gasteiger partial charge in [-0.15, -0.1) is 0 Å². The Morgan fingerprint density at radius 2 is 1.56 bits per heavy atom. The molecule has 1 aliphatic heterocycles. The molecule has 0 radical (unpaired) electrons. The van der Waals surface area contributed by atoms with E-state index in [2.05, 4.69) is 41.6 Å². The summed E-state index contributed by atoms with van der Waals surface area (Å²) < 4.78 is 5.49. The number of carbonyl (C=O) groups excluding carboxylic acids is 2. The van der Waals surface area contributed by atoms with Crippen LogP contribution < -0.4 is 21.7 Å². The predicted octanol–water partition coefficient (Wildman–Crippen LogP) is 5.03. The Hall–Kier alpha value is -3.98. The van der Waals surface area contributed by atoms with Gasteiger partial charge in [0.2, 0.25) is 11.8 Å². The highest BCUT2D eigenvalue weighted by Crippen LogP contribution is 2.21. The van der Waals surface area contributed by atoms with Gasteiger partial charge >= 0.3 is 0 Å². The number of morpholine rings is 1. The molecule has 5 N–H and O–H groups in total. The van der Waals surface area contributed by atoms with Gasteiger partial charge in [-0.1, -0.05) is 62.4 Å². The molecule has 0 aromatic heterocycles. The lowest BCUT2D eigenvalue weighted by Gasteiger charge is -2.33. The summed E-state index contributed by atoms with van der Waals surface area (Å²) in [6.45, 7) is 10.3. The van der Waals surface area contributed by atoms with E-state index in [0.717, 1.165) is 43.1 Å². The highest BCUT2D eigenvalue weighted by Gasteiger charge is 2.23. The number of nitrogens with zero attached hydrogens (tertiary/aromatic N) is 1. The second-order valence-electron chi connectivity index (χ2n) is 10.7. The SMILES string of the molecule is CC(C)c1ccc(NC(=O)C(NCC(C)N2CCOCC2)c2ccc(C=CC(=O)Nc3ccccc3N)cc2)cc1. The summed E-state index contributed by atoms with van der Waals surface area (Å²) in [5.41, 5.74) is 10.7. The Balaban J connectivity index is 1.45. The lowest BCUT2D eigenvalue weighted by atomic mass is 10.0. The van der Waals surface area contributed by atoms with Crippen molar-refractivity contribution < 1.29 is 14.3 Å². The number of carbonyl (C=O) groups is 2. The first-order valence-electron chi connectivity index (χ1n) is 14.2. The number of nitrogens with two attached hydrogens (primary N) is 1. The number of hydrogen-bond acceptors (Lipinski definition) is 6. The van der Waals surface area contributed by atoms with Crippen molar-refractivity contribution in [3.05, 3.63) is 95.6 Å². The summed E-state index contributed by atoms with van der Waals surface area (Å²) >= 11 is 0. The third-order valence-electron chi connectivity index (χ3n) is 7.31. The Bertz CT molecular complexity index is 1320. The van der Waals surface area contributed by atoms with Gasteiger partial charge in [0.15, 0.2) is 0 Å². The normalized spacial score (nSPS) is 15.5. The number of hydrogen-bond donors (Lipinski definition) is 4. The maximum atomic E-state index is 13.5. The van der Waals surface area contributed by atoms with Crippen molar-refractivity contribution in [2.45, 2.75) is 38.8 Å². The highest BCUT2D eigenvalue weighted by atomic mass is 16.5. The van der Waals surface area contributed by atoms with Crippen molar-refractivity contribution in [3.63, 3.8) is 0 Å². The number of amides is 2. The highest BCUT2D eigenvalue weighted by molar-refractivity contribution is 6.03. The molecule has 4 rings (SSSR count). The lowest BCUT2D eigenvalue weighted by Crippen LogP contribution is -2.48. The number of anilines is 3. The standard InChI is InChI=1S/C33H41N5O3/c1-23(2)26-13-15-28(16-14-26)36-33(40)32(35-22-24(3)38-18-20-41-21-19-38)27-11-8-25(9-12-27)10-17-31(39)37-30-7-5-4-6-29(30)34/h4-17,23-24,32,35H,18-22,34H2,1-3H3,(H,36,40)(H,37,39). The van der Waals surface area contributed by atoms with Crippen LogP contribution in [-0.2, 0) is 14.3 Å². The van der Waals surface area contributed by atoms with Crippen LogP contribution in [0.1, 0.15) is 49.4 Å². The fraction of sp³-hybridized carbons (Fsp3) is 0.333. The number of nitrogens with one attached hydrogen (secondary N) is 3. The Kier molecular flexibility index (Phi) is 10.7. The number of ether oxygens (including phenoxy) is 1. The average Bonchev–Trinajstić information content (AvgIpc) is 2.98. The van der Waals surface area contributed by atoms with Gasteiger partial charge in [0, 0.05) is 37.4 Å². The van der Waals surface area contributed by atoms with Crippen molar-refractivity contribution >= 4 is 35.0 Å². The van der Waals surface area contributed by atoms with Crippen LogP contribution in [0.3, 0.4) is 0 Å². The minimum atomic E-state index is -0.550. The fourth-order valence-electron chi connectivity index (χ4n) is 4.72. The van der Waals surface area contributed by atoms with E-state index in [1.54, 1.807) is 18.2 Å². The Morgan fingerprint density at radius 3 is 2.22 bits per heavy atom. The van der Waals surface area contributed by atoms with E-state index in [1.807, 2.05) is 60.7 Å². The lowest BCUT2D eigenvalue weighted by molar-refractivity contribution is -0.118. The summed E-state index contributed by atoms with van der Waals surface area (Å²) in [4.78, 5) is 28.3. The molecule has 1 aliphatic rings. The maximum absolute atomic E-state index is 13.5. The quantitative estimate of drug-likeness (QED) is 0.195. The van der Waals surface area contributed by atoms with Gasteiger partial charge in [-0.25, -0.2) is 0 Å². The molecule has 2 unspecified atom stereocenters. The van der Waals surface area contributed by atoms with E-state index < -0.39 is 6.04 Å². The molecule has 0 spiro atoms. The van der Waals surface area contributed by atoms with Crippen LogP contribution in [0, 0.1) is 0 Å². The van der Waals surface area contributed by atoms with E-state index in [4.69, 9.17) is 10.5 Å². The topological polar surface area (TPSA) is 109 Å². The van der Waals surface area contributed by atoms with Crippen molar-refractivity contribution in [3.8, 4) is 0 Å². The number of nitrogen functional groups attached to an aromatic ring is 1. The summed E-state index contributed by atoms with van der Waals surface area (Å²) in [5, 5.41) is 9.36. The molecule has 1 fully saturated rings. The number of para-hydroxylation sites is 2. The third kappa shape index (κ3) is 8.75. The number of rotatable bonds is 11. The first-order valence-corrected chi connectivity index (χ1v) is 14.2. The molecular formula is C33H41N5O3. The van der Waals surface area contributed by atoms with E-state index >= 15 is 0 Å². The van der Waals surface area contributed by atoms with Gasteiger partial charge in [0.25, 0.3) is 0 Å². The van der Waals surface area contributed by atoms with Gasteiger partial charge in [-0.05, 0) is 59.9 Å². The molecule has 216 valence electrons. The molecule has 2 atom stereocenters. The molecule has 3 aromatic carbocycles.